The van der Waals surface area contributed by atoms with Gasteiger partial charge in [-0.1, -0.05) is 54.7 Å². The summed E-state index contributed by atoms with van der Waals surface area (Å²) in [5, 5.41) is 2.09. The molecule has 0 aliphatic carbocycles. The molecule has 3 nitrogen and oxygen atoms in total. The van der Waals surface area contributed by atoms with E-state index >= 15 is 0 Å². The minimum Gasteiger partial charge on any atom is -0.490 e. The number of rotatable bonds is 6. The molecule has 2 N–H and O–H groups in total. The Bertz CT molecular complexity index is 876. The fourth-order valence-electron chi connectivity index (χ4n) is 2.64. The molecule has 0 atom stereocenters. The number of nitrogens with two attached hydrogens (primary N) is 1. The van der Waals surface area contributed by atoms with E-state index in [1.165, 1.54) is 5.56 Å². The van der Waals surface area contributed by atoms with Crippen LogP contribution in [0.4, 0.5) is 0 Å². The van der Waals surface area contributed by atoms with Gasteiger partial charge < -0.3 is 15.2 Å². The third-order valence-electron chi connectivity index (χ3n) is 3.74. The van der Waals surface area contributed by atoms with E-state index in [0.29, 0.717) is 24.0 Å². The Labute approximate surface area is 147 Å². The second-order valence-corrected chi connectivity index (χ2v) is 5.98. The van der Waals surface area contributed by atoms with E-state index in [-0.39, 0.29) is 0 Å². The first-order valence-electron chi connectivity index (χ1n) is 7.79. The van der Waals surface area contributed by atoms with Gasteiger partial charge in [0, 0.05) is 0 Å². The monoisotopic (exact) mass is 337 g/mol. The van der Waals surface area contributed by atoms with Gasteiger partial charge in [-0.2, -0.15) is 0 Å². The molecular weight excluding hydrogens is 318 g/mol. The molecule has 0 saturated heterocycles. The highest BCUT2D eigenvalue weighted by atomic mass is 32.1. The van der Waals surface area contributed by atoms with Crippen molar-refractivity contribution in [2.45, 2.75) is 6.92 Å². The molecule has 0 amide bonds. The Kier molecular flexibility index (Phi) is 4.96. The molecule has 3 aromatic rings. The van der Waals surface area contributed by atoms with Crippen LogP contribution in [0.1, 0.15) is 11.1 Å². The van der Waals surface area contributed by atoms with Crippen LogP contribution in [0.25, 0.3) is 10.8 Å². The number of thiocarbonyl (C=S) groups is 1. The standard InChI is InChI=1S/C20H19NO2S/c1-14-5-4-7-16(13-14)22-11-12-23-18-10-9-15-6-2-3-8-17(15)19(18)20(21)24/h2-10,13H,11-12H2,1H3,(H2,21,24). The fourth-order valence-corrected chi connectivity index (χ4v) is 2.85. The van der Waals surface area contributed by atoms with Gasteiger partial charge in [-0.25, -0.2) is 0 Å². The predicted molar refractivity (Wildman–Crippen MR) is 102 cm³/mol. The minimum atomic E-state index is 0.335. The van der Waals surface area contributed by atoms with Gasteiger partial charge in [-0.05, 0) is 41.5 Å². The molecule has 3 rings (SSSR count). The largest absolute Gasteiger partial charge is 0.490 e. The van der Waals surface area contributed by atoms with Gasteiger partial charge >= 0.3 is 0 Å². The lowest BCUT2D eigenvalue weighted by atomic mass is 10.0. The summed E-state index contributed by atoms with van der Waals surface area (Å²) in [6, 6.07) is 19.8. The van der Waals surface area contributed by atoms with Crippen molar-refractivity contribution in [3.05, 3.63) is 71.8 Å². The van der Waals surface area contributed by atoms with Crippen LogP contribution in [-0.2, 0) is 0 Å². The molecule has 0 aliphatic heterocycles. The van der Waals surface area contributed by atoms with Gasteiger partial charge in [-0.15, -0.1) is 0 Å². The van der Waals surface area contributed by atoms with Crippen molar-refractivity contribution in [1.29, 1.82) is 0 Å². The lowest BCUT2D eigenvalue weighted by molar-refractivity contribution is 0.217. The van der Waals surface area contributed by atoms with Crippen LogP contribution in [0.2, 0.25) is 0 Å². The number of hydrogen-bond donors (Lipinski definition) is 1. The second kappa shape index (κ2) is 7.32. The number of benzene rings is 3. The van der Waals surface area contributed by atoms with Crippen molar-refractivity contribution in [3.63, 3.8) is 0 Å². The van der Waals surface area contributed by atoms with Crippen molar-refractivity contribution >= 4 is 28.0 Å². The van der Waals surface area contributed by atoms with Crippen LogP contribution in [0.3, 0.4) is 0 Å². The van der Waals surface area contributed by atoms with Crippen LogP contribution >= 0.6 is 12.2 Å². The van der Waals surface area contributed by atoms with Crippen molar-refractivity contribution in [2.24, 2.45) is 5.73 Å². The van der Waals surface area contributed by atoms with Crippen LogP contribution < -0.4 is 15.2 Å². The lowest BCUT2D eigenvalue weighted by Gasteiger charge is -2.14. The first kappa shape index (κ1) is 16.3. The SMILES string of the molecule is Cc1cccc(OCCOc2ccc3ccccc3c2C(N)=S)c1. The maximum atomic E-state index is 5.91. The highest BCUT2D eigenvalue weighted by molar-refractivity contribution is 7.80. The number of aryl methyl sites for hydroxylation is 1. The first-order chi connectivity index (χ1) is 11.6. The molecule has 0 fully saturated rings. The molecule has 0 aliphatic rings. The maximum absolute atomic E-state index is 5.91. The van der Waals surface area contributed by atoms with Gasteiger partial charge in [0.2, 0.25) is 0 Å². The van der Waals surface area contributed by atoms with E-state index in [0.717, 1.165) is 22.1 Å². The molecule has 0 heterocycles. The average molecular weight is 337 g/mol. The van der Waals surface area contributed by atoms with E-state index in [1.807, 2.05) is 67.6 Å². The summed E-state index contributed by atoms with van der Waals surface area (Å²) in [6.45, 7) is 2.90. The lowest BCUT2D eigenvalue weighted by Crippen LogP contribution is -2.15. The van der Waals surface area contributed by atoms with Gasteiger partial charge in [0.1, 0.15) is 29.7 Å². The molecule has 0 bridgehead atoms. The summed E-state index contributed by atoms with van der Waals surface area (Å²) >= 11 is 5.21. The first-order valence-corrected chi connectivity index (χ1v) is 8.20. The van der Waals surface area contributed by atoms with E-state index < -0.39 is 0 Å². The number of fused-ring (bicyclic) bond motifs is 1. The molecule has 24 heavy (non-hydrogen) atoms. The summed E-state index contributed by atoms with van der Waals surface area (Å²) < 4.78 is 11.6. The predicted octanol–water partition coefficient (Wildman–Crippen LogP) is 4.24. The summed E-state index contributed by atoms with van der Waals surface area (Å²) in [7, 11) is 0. The maximum Gasteiger partial charge on any atom is 0.130 e. The summed E-state index contributed by atoms with van der Waals surface area (Å²) in [5.41, 5.74) is 7.85. The fraction of sp³-hybridized carbons (Fsp3) is 0.150. The van der Waals surface area contributed by atoms with E-state index in [9.17, 15) is 0 Å². The molecule has 4 heteroatoms. The van der Waals surface area contributed by atoms with Gasteiger partial charge in [0.25, 0.3) is 0 Å². The molecule has 0 aromatic heterocycles. The average Bonchev–Trinajstić information content (AvgIpc) is 2.58. The zero-order valence-electron chi connectivity index (χ0n) is 13.5. The third-order valence-corrected chi connectivity index (χ3v) is 3.94. The van der Waals surface area contributed by atoms with Crippen LogP contribution in [0.15, 0.2) is 60.7 Å². The highest BCUT2D eigenvalue weighted by Crippen LogP contribution is 2.28. The second-order valence-electron chi connectivity index (χ2n) is 5.54. The van der Waals surface area contributed by atoms with E-state index in [2.05, 4.69) is 0 Å². The Hall–Kier alpha value is -2.59. The summed E-state index contributed by atoms with van der Waals surface area (Å²) in [6.07, 6.45) is 0. The Morgan fingerprint density at radius 2 is 1.75 bits per heavy atom. The van der Waals surface area contributed by atoms with Crippen molar-refractivity contribution in [2.75, 3.05) is 13.2 Å². The Morgan fingerprint density at radius 3 is 2.54 bits per heavy atom. The molecule has 3 aromatic carbocycles. The van der Waals surface area contributed by atoms with Crippen molar-refractivity contribution in [1.82, 2.24) is 0 Å². The zero-order valence-corrected chi connectivity index (χ0v) is 14.3. The Morgan fingerprint density at radius 1 is 0.958 bits per heavy atom. The summed E-state index contributed by atoms with van der Waals surface area (Å²) in [4.78, 5) is 0.335. The smallest absolute Gasteiger partial charge is 0.130 e. The molecule has 122 valence electrons. The molecule has 0 radical (unpaired) electrons. The van der Waals surface area contributed by atoms with Gasteiger partial charge in [0.05, 0.1) is 5.56 Å². The van der Waals surface area contributed by atoms with E-state index in [1.54, 1.807) is 0 Å². The third kappa shape index (κ3) is 3.66. The summed E-state index contributed by atoms with van der Waals surface area (Å²) in [5.74, 6) is 1.53. The van der Waals surface area contributed by atoms with Crippen LogP contribution in [-0.4, -0.2) is 18.2 Å². The topological polar surface area (TPSA) is 44.5 Å². The minimum absolute atomic E-state index is 0.335. The van der Waals surface area contributed by atoms with E-state index in [4.69, 9.17) is 27.4 Å². The molecule has 0 spiro atoms. The number of ether oxygens (including phenoxy) is 2. The molecule has 0 unspecified atom stereocenters. The highest BCUT2D eigenvalue weighted by Gasteiger charge is 2.11. The van der Waals surface area contributed by atoms with Gasteiger partial charge in [0.15, 0.2) is 0 Å². The van der Waals surface area contributed by atoms with Crippen molar-refractivity contribution < 1.29 is 9.47 Å². The van der Waals surface area contributed by atoms with Gasteiger partial charge in [-0.3, -0.25) is 0 Å². The van der Waals surface area contributed by atoms with Crippen molar-refractivity contribution in [3.8, 4) is 11.5 Å². The normalized spacial score (nSPS) is 10.5. The zero-order chi connectivity index (χ0) is 16.9. The number of hydrogen-bond acceptors (Lipinski definition) is 3. The quantitative estimate of drug-likeness (QED) is 0.540. The van der Waals surface area contributed by atoms with Crippen LogP contribution in [0.5, 0.6) is 11.5 Å². The molecule has 0 saturated carbocycles. The van der Waals surface area contributed by atoms with Crippen LogP contribution in [0, 0.1) is 6.92 Å². The Balaban J connectivity index is 1.71. The molecular formula is C20H19NO2S.